The van der Waals surface area contributed by atoms with Crippen LogP contribution in [0.25, 0.3) is 0 Å². The summed E-state index contributed by atoms with van der Waals surface area (Å²) in [6.07, 6.45) is 1.46. The van der Waals surface area contributed by atoms with E-state index in [-0.39, 0.29) is 23.6 Å². The third-order valence-corrected chi connectivity index (χ3v) is 8.70. The van der Waals surface area contributed by atoms with Gasteiger partial charge in [-0.3, -0.25) is 4.84 Å². The maximum atomic E-state index is 13.8. The van der Waals surface area contributed by atoms with Crippen LogP contribution < -0.4 is 5.30 Å². The standard InChI is InChI=1S/C18H19FNO2P/c1-20-17(13-7-9-14(19)10-8-13)18-16(22-20)11-12-23(18,21)15-5-3-2-4-6-15/h2-10,16-18H,11-12H2,1H3/t16-,17-,18+,23-/m0/s1. The van der Waals surface area contributed by atoms with E-state index in [1.165, 1.54) is 12.1 Å². The van der Waals surface area contributed by atoms with Crippen molar-refractivity contribution in [2.45, 2.75) is 24.2 Å². The third-order valence-electron chi connectivity index (χ3n) is 5.03. The zero-order valence-corrected chi connectivity index (χ0v) is 13.8. The van der Waals surface area contributed by atoms with Gasteiger partial charge in [0.2, 0.25) is 0 Å². The first-order valence-electron chi connectivity index (χ1n) is 7.89. The molecule has 2 aromatic rings. The highest BCUT2D eigenvalue weighted by Gasteiger charge is 2.56. The molecule has 4 atom stereocenters. The molecule has 2 saturated heterocycles. The molecular formula is C18H19FNO2P. The second-order valence-corrected chi connectivity index (χ2v) is 9.47. The van der Waals surface area contributed by atoms with Gasteiger partial charge in [-0.15, -0.1) is 0 Å². The smallest absolute Gasteiger partial charge is 0.123 e. The maximum absolute atomic E-state index is 13.8. The number of nitrogens with zero attached hydrogens (tertiary/aromatic N) is 1. The molecule has 5 heteroatoms. The van der Waals surface area contributed by atoms with Crippen LogP contribution in [0.2, 0.25) is 0 Å². The summed E-state index contributed by atoms with van der Waals surface area (Å²) in [5.74, 6) is -0.260. The van der Waals surface area contributed by atoms with Crippen LogP contribution in [0.3, 0.4) is 0 Å². The topological polar surface area (TPSA) is 29.5 Å². The number of hydrogen-bond donors (Lipinski definition) is 0. The van der Waals surface area contributed by atoms with E-state index in [9.17, 15) is 8.96 Å². The van der Waals surface area contributed by atoms with Gasteiger partial charge in [-0.25, -0.2) is 4.39 Å². The molecule has 0 unspecified atom stereocenters. The van der Waals surface area contributed by atoms with E-state index in [4.69, 9.17) is 4.84 Å². The van der Waals surface area contributed by atoms with Crippen molar-refractivity contribution < 1.29 is 13.8 Å². The van der Waals surface area contributed by atoms with Gasteiger partial charge in [0, 0.05) is 18.5 Å². The summed E-state index contributed by atoms with van der Waals surface area (Å²) < 4.78 is 27.1. The van der Waals surface area contributed by atoms with Crippen molar-refractivity contribution >= 4 is 12.4 Å². The van der Waals surface area contributed by atoms with Crippen molar-refractivity contribution in [2.75, 3.05) is 13.2 Å². The Labute approximate surface area is 135 Å². The quantitative estimate of drug-likeness (QED) is 0.788. The number of hydrogen-bond acceptors (Lipinski definition) is 3. The molecule has 2 fully saturated rings. The lowest BCUT2D eigenvalue weighted by Gasteiger charge is -2.27. The molecule has 23 heavy (non-hydrogen) atoms. The van der Waals surface area contributed by atoms with Crippen LogP contribution in [-0.2, 0) is 9.40 Å². The molecule has 0 spiro atoms. The van der Waals surface area contributed by atoms with Crippen LogP contribution in [0.15, 0.2) is 54.6 Å². The van der Waals surface area contributed by atoms with E-state index in [0.717, 1.165) is 17.3 Å². The van der Waals surface area contributed by atoms with Gasteiger partial charge in [-0.2, -0.15) is 5.06 Å². The monoisotopic (exact) mass is 331 g/mol. The average Bonchev–Trinajstić information content (AvgIpc) is 3.07. The van der Waals surface area contributed by atoms with Gasteiger partial charge in [0.1, 0.15) is 13.0 Å². The minimum absolute atomic E-state index is 0.0268. The molecule has 2 heterocycles. The summed E-state index contributed by atoms with van der Waals surface area (Å²) >= 11 is 0. The van der Waals surface area contributed by atoms with E-state index in [1.54, 1.807) is 17.2 Å². The predicted octanol–water partition coefficient (Wildman–Crippen LogP) is 3.57. The van der Waals surface area contributed by atoms with Crippen molar-refractivity contribution in [3.63, 3.8) is 0 Å². The summed E-state index contributed by atoms with van der Waals surface area (Å²) in [5.41, 5.74) is 0.889. The highest BCUT2D eigenvalue weighted by molar-refractivity contribution is 7.72. The number of benzene rings is 2. The Morgan fingerprint density at radius 3 is 2.52 bits per heavy atom. The first kappa shape index (κ1) is 15.1. The Kier molecular flexibility index (Phi) is 3.64. The molecule has 2 aromatic carbocycles. The molecule has 0 N–H and O–H groups in total. The molecule has 2 aliphatic rings. The van der Waals surface area contributed by atoms with E-state index < -0.39 is 7.14 Å². The van der Waals surface area contributed by atoms with Gasteiger partial charge in [0.05, 0.1) is 17.8 Å². The molecule has 4 rings (SSSR count). The lowest BCUT2D eigenvalue weighted by Crippen LogP contribution is -2.27. The normalized spacial score (nSPS) is 33.7. The van der Waals surface area contributed by atoms with Crippen molar-refractivity contribution in [1.29, 1.82) is 0 Å². The molecule has 2 aliphatic heterocycles. The Balaban J connectivity index is 1.78. The molecular weight excluding hydrogens is 312 g/mol. The van der Waals surface area contributed by atoms with Gasteiger partial charge in [0.15, 0.2) is 0 Å². The highest BCUT2D eigenvalue weighted by atomic mass is 31.2. The molecule has 0 aromatic heterocycles. The molecule has 0 saturated carbocycles. The van der Waals surface area contributed by atoms with Gasteiger partial charge in [-0.05, 0) is 24.1 Å². The van der Waals surface area contributed by atoms with Gasteiger partial charge >= 0.3 is 0 Å². The summed E-state index contributed by atoms with van der Waals surface area (Å²) in [4.78, 5) is 5.97. The number of halogens is 1. The Morgan fingerprint density at radius 2 is 1.83 bits per heavy atom. The summed E-state index contributed by atoms with van der Waals surface area (Å²) in [6, 6.07) is 16.1. The van der Waals surface area contributed by atoms with Crippen LogP contribution in [0.1, 0.15) is 18.0 Å². The first-order valence-corrected chi connectivity index (χ1v) is 9.85. The first-order chi connectivity index (χ1) is 11.1. The van der Waals surface area contributed by atoms with Crippen LogP contribution >= 0.6 is 7.14 Å². The van der Waals surface area contributed by atoms with Crippen LogP contribution in [0, 0.1) is 5.82 Å². The largest absolute Gasteiger partial charge is 0.318 e. The second kappa shape index (κ2) is 5.55. The SMILES string of the molecule is CN1O[C@H]2CC[P@](=O)(c3ccccc3)[C@H]2[C@@H]1c1ccc(F)cc1. The van der Waals surface area contributed by atoms with E-state index in [1.807, 2.05) is 37.4 Å². The zero-order valence-electron chi connectivity index (χ0n) is 12.9. The predicted molar refractivity (Wildman–Crippen MR) is 88.7 cm³/mol. The molecule has 0 bridgehead atoms. The van der Waals surface area contributed by atoms with Gasteiger partial charge in [-0.1, -0.05) is 42.5 Å². The van der Waals surface area contributed by atoms with Gasteiger partial charge in [0.25, 0.3) is 0 Å². The zero-order chi connectivity index (χ0) is 16.0. The summed E-state index contributed by atoms with van der Waals surface area (Å²) in [5, 5.41) is 2.73. The molecule has 0 aliphatic carbocycles. The Hall–Kier alpha value is -1.48. The summed E-state index contributed by atoms with van der Waals surface area (Å²) in [6.45, 7) is 0. The Bertz CT molecular complexity index is 749. The van der Waals surface area contributed by atoms with Crippen molar-refractivity contribution in [2.24, 2.45) is 0 Å². The van der Waals surface area contributed by atoms with Crippen molar-refractivity contribution in [3.05, 3.63) is 66.0 Å². The fourth-order valence-corrected chi connectivity index (χ4v) is 7.77. The fraction of sp³-hybridized carbons (Fsp3) is 0.333. The van der Waals surface area contributed by atoms with Crippen LogP contribution in [0.5, 0.6) is 0 Å². The lowest BCUT2D eigenvalue weighted by atomic mass is 10.0. The molecule has 0 amide bonds. The highest BCUT2D eigenvalue weighted by Crippen LogP contribution is 2.64. The number of rotatable bonds is 2. The Morgan fingerprint density at radius 1 is 1.13 bits per heavy atom. The van der Waals surface area contributed by atoms with E-state index >= 15 is 0 Å². The minimum atomic E-state index is -2.56. The maximum Gasteiger partial charge on any atom is 0.123 e. The van der Waals surface area contributed by atoms with Crippen LogP contribution in [0.4, 0.5) is 4.39 Å². The van der Waals surface area contributed by atoms with Crippen molar-refractivity contribution in [1.82, 2.24) is 5.06 Å². The van der Waals surface area contributed by atoms with Crippen LogP contribution in [-0.4, -0.2) is 30.0 Å². The summed E-state index contributed by atoms with van der Waals surface area (Å²) in [7, 11) is -0.681. The van der Waals surface area contributed by atoms with E-state index in [2.05, 4.69) is 0 Å². The van der Waals surface area contributed by atoms with Crippen molar-refractivity contribution in [3.8, 4) is 0 Å². The average molecular weight is 331 g/mol. The molecule has 120 valence electrons. The fourth-order valence-electron chi connectivity index (χ4n) is 4.00. The molecule has 3 nitrogen and oxygen atoms in total. The molecule has 0 radical (unpaired) electrons. The van der Waals surface area contributed by atoms with Gasteiger partial charge < -0.3 is 4.57 Å². The number of hydroxylamine groups is 2. The third kappa shape index (κ3) is 2.37. The van der Waals surface area contributed by atoms with E-state index in [0.29, 0.717) is 6.16 Å². The minimum Gasteiger partial charge on any atom is -0.318 e. The second-order valence-electron chi connectivity index (χ2n) is 6.32. The lowest BCUT2D eigenvalue weighted by molar-refractivity contribution is -0.143. The number of fused-ring (bicyclic) bond motifs is 1.